The van der Waals surface area contributed by atoms with Crippen molar-refractivity contribution in [3.05, 3.63) is 82.9 Å². The number of benzene rings is 2. The molecule has 34 heavy (non-hydrogen) atoms. The molecule has 4 rings (SSSR count). The van der Waals surface area contributed by atoms with Gasteiger partial charge in [-0.15, -0.1) is 10.2 Å². The number of hydrogen-bond acceptors (Lipinski definition) is 6. The molecule has 0 radical (unpaired) electrons. The minimum absolute atomic E-state index is 0.119. The minimum atomic E-state index is -0.394. The topological polar surface area (TPSA) is 101 Å². The van der Waals surface area contributed by atoms with Crippen LogP contribution >= 0.6 is 11.8 Å². The molecule has 0 atom stereocenters. The Balaban J connectivity index is 1.33. The molecule has 0 unspecified atom stereocenters. The fourth-order valence-electron chi connectivity index (χ4n) is 3.32. The molecule has 0 fully saturated rings. The van der Waals surface area contributed by atoms with Crippen LogP contribution < -0.4 is 10.6 Å². The van der Waals surface area contributed by atoms with E-state index in [-0.39, 0.29) is 17.6 Å². The predicted octanol–water partition coefficient (Wildman–Crippen LogP) is 3.58. The second-order valence-electron chi connectivity index (χ2n) is 7.73. The fraction of sp³-hybridized carbons (Fsp3) is 0.208. The molecule has 2 N–H and O–H groups in total. The van der Waals surface area contributed by atoms with E-state index >= 15 is 0 Å². The minimum Gasteiger partial charge on any atom is -0.352 e. The molecule has 0 bridgehead atoms. The maximum Gasteiger partial charge on any atom is 0.251 e. The Morgan fingerprint density at radius 3 is 2.59 bits per heavy atom. The summed E-state index contributed by atoms with van der Waals surface area (Å²) in [7, 11) is 0. The fourth-order valence-corrected chi connectivity index (χ4v) is 3.97. The maximum atomic E-state index is 13.0. The van der Waals surface area contributed by atoms with Crippen molar-refractivity contribution < 1.29 is 14.0 Å². The first kappa shape index (κ1) is 23.4. The molecule has 0 saturated carbocycles. The van der Waals surface area contributed by atoms with E-state index < -0.39 is 5.82 Å². The van der Waals surface area contributed by atoms with Crippen LogP contribution in [0.25, 0.3) is 5.65 Å². The van der Waals surface area contributed by atoms with E-state index in [4.69, 9.17) is 0 Å². The van der Waals surface area contributed by atoms with Crippen LogP contribution in [0.15, 0.2) is 59.6 Å². The zero-order chi connectivity index (χ0) is 24.1. The Morgan fingerprint density at radius 1 is 1.03 bits per heavy atom. The number of thioether (sulfide) groups is 1. The number of rotatable bonds is 8. The lowest BCUT2D eigenvalue weighted by Gasteiger charge is -2.09. The third kappa shape index (κ3) is 5.76. The molecule has 10 heteroatoms. The van der Waals surface area contributed by atoms with Crippen molar-refractivity contribution in [1.29, 1.82) is 0 Å². The summed E-state index contributed by atoms with van der Waals surface area (Å²) in [6.45, 7) is 4.28. The summed E-state index contributed by atoms with van der Waals surface area (Å²) in [6, 6.07) is 14.8. The first-order valence-electron chi connectivity index (χ1n) is 10.6. The first-order valence-corrected chi connectivity index (χ1v) is 11.6. The number of carbonyl (C=O) groups excluding carboxylic acids is 2. The summed E-state index contributed by atoms with van der Waals surface area (Å²) in [6.07, 6.45) is 0.405. The van der Waals surface area contributed by atoms with Crippen molar-refractivity contribution >= 4 is 34.9 Å². The van der Waals surface area contributed by atoms with Gasteiger partial charge in [-0.05, 0) is 61.9 Å². The number of nitrogens with one attached hydrogen (secondary N) is 2. The molecule has 0 aliphatic carbocycles. The molecule has 0 aliphatic heterocycles. The number of halogens is 1. The summed E-state index contributed by atoms with van der Waals surface area (Å²) in [5.41, 5.74) is 3.90. The Morgan fingerprint density at radius 2 is 1.82 bits per heavy atom. The van der Waals surface area contributed by atoms with E-state index in [0.717, 1.165) is 16.8 Å². The first-order chi connectivity index (χ1) is 16.4. The quantitative estimate of drug-likeness (QED) is 0.376. The van der Waals surface area contributed by atoms with Crippen LogP contribution in [0, 0.1) is 19.7 Å². The Labute approximate surface area is 200 Å². The van der Waals surface area contributed by atoms with E-state index in [1.54, 1.807) is 16.6 Å². The van der Waals surface area contributed by atoms with Crippen LogP contribution in [-0.2, 0) is 11.2 Å². The van der Waals surface area contributed by atoms with Crippen LogP contribution in [0.4, 0.5) is 10.1 Å². The number of aryl methyl sites for hydroxylation is 2. The molecule has 8 nitrogen and oxygen atoms in total. The van der Waals surface area contributed by atoms with Gasteiger partial charge in [0.25, 0.3) is 5.91 Å². The number of carbonyl (C=O) groups is 2. The van der Waals surface area contributed by atoms with Crippen LogP contribution in [-0.4, -0.2) is 43.9 Å². The number of hydrogen-bond donors (Lipinski definition) is 2. The normalized spacial score (nSPS) is 10.9. The van der Waals surface area contributed by atoms with Gasteiger partial charge < -0.3 is 10.6 Å². The average molecular weight is 479 g/mol. The zero-order valence-corrected chi connectivity index (χ0v) is 19.5. The summed E-state index contributed by atoms with van der Waals surface area (Å²) in [5, 5.41) is 19.1. The van der Waals surface area contributed by atoms with Gasteiger partial charge in [-0.1, -0.05) is 29.5 Å². The molecule has 0 spiro atoms. The smallest absolute Gasteiger partial charge is 0.251 e. The van der Waals surface area contributed by atoms with E-state index in [1.165, 1.54) is 36.0 Å². The Hall–Kier alpha value is -3.79. The van der Waals surface area contributed by atoms with E-state index in [2.05, 4.69) is 25.9 Å². The van der Waals surface area contributed by atoms with Crippen molar-refractivity contribution in [1.82, 2.24) is 25.1 Å². The van der Waals surface area contributed by atoms with Gasteiger partial charge in [-0.3, -0.25) is 9.59 Å². The van der Waals surface area contributed by atoms with Gasteiger partial charge >= 0.3 is 0 Å². The summed E-state index contributed by atoms with van der Waals surface area (Å²) in [5.74, 6) is -0.0264. The van der Waals surface area contributed by atoms with Crippen molar-refractivity contribution in [3.8, 4) is 0 Å². The standard InChI is InChI=1S/C24H23FN6O2S/c1-15-3-8-19(16(2)13-15)27-22(32)14-34-23-10-9-20-28-29-21(31(20)30-23)11-12-26-24(33)17-4-6-18(25)7-5-17/h3-10,13H,11-12,14H2,1-2H3,(H,26,33)(H,27,32). The number of aromatic nitrogens is 4. The summed E-state index contributed by atoms with van der Waals surface area (Å²) < 4.78 is 14.6. The van der Waals surface area contributed by atoms with Gasteiger partial charge in [0.05, 0.1) is 5.75 Å². The monoisotopic (exact) mass is 478 g/mol. The van der Waals surface area contributed by atoms with E-state index in [1.807, 2.05) is 32.0 Å². The van der Waals surface area contributed by atoms with E-state index in [9.17, 15) is 14.0 Å². The highest BCUT2D eigenvalue weighted by Gasteiger charge is 2.12. The van der Waals surface area contributed by atoms with Crippen LogP contribution in [0.5, 0.6) is 0 Å². The Bertz CT molecular complexity index is 1340. The zero-order valence-electron chi connectivity index (χ0n) is 18.7. The average Bonchev–Trinajstić information content (AvgIpc) is 3.22. The molecule has 2 aromatic heterocycles. The lowest BCUT2D eigenvalue weighted by Crippen LogP contribution is -2.26. The molecule has 4 aromatic rings. The van der Waals surface area contributed by atoms with Crippen molar-refractivity contribution in [3.63, 3.8) is 0 Å². The van der Waals surface area contributed by atoms with Crippen molar-refractivity contribution in [2.24, 2.45) is 0 Å². The molecule has 2 amide bonds. The summed E-state index contributed by atoms with van der Waals surface area (Å²) in [4.78, 5) is 24.6. The third-order valence-corrected chi connectivity index (χ3v) is 5.97. The largest absolute Gasteiger partial charge is 0.352 e. The highest BCUT2D eigenvalue weighted by atomic mass is 32.2. The molecular weight excluding hydrogens is 455 g/mol. The highest BCUT2D eigenvalue weighted by molar-refractivity contribution is 7.99. The second kappa shape index (κ2) is 10.4. The van der Waals surface area contributed by atoms with Gasteiger partial charge in [0.1, 0.15) is 10.8 Å². The molecule has 2 aromatic carbocycles. The van der Waals surface area contributed by atoms with Gasteiger partial charge in [-0.2, -0.15) is 9.61 Å². The molecular formula is C24H23FN6O2S. The van der Waals surface area contributed by atoms with Crippen LogP contribution in [0.1, 0.15) is 27.3 Å². The molecule has 0 saturated heterocycles. The van der Waals surface area contributed by atoms with Gasteiger partial charge in [-0.25, -0.2) is 4.39 Å². The molecule has 0 aliphatic rings. The van der Waals surface area contributed by atoms with Gasteiger partial charge in [0.15, 0.2) is 11.5 Å². The van der Waals surface area contributed by atoms with Crippen molar-refractivity contribution in [2.75, 3.05) is 17.6 Å². The predicted molar refractivity (Wildman–Crippen MR) is 128 cm³/mol. The SMILES string of the molecule is Cc1ccc(NC(=O)CSc2ccc3nnc(CCNC(=O)c4ccc(F)cc4)n3n2)c(C)c1. The Kier molecular flexibility index (Phi) is 7.17. The van der Waals surface area contributed by atoms with Gasteiger partial charge in [0, 0.05) is 24.2 Å². The lowest BCUT2D eigenvalue weighted by atomic mass is 10.1. The highest BCUT2D eigenvalue weighted by Crippen LogP contribution is 2.19. The number of amides is 2. The maximum absolute atomic E-state index is 13.0. The number of anilines is 1. The summed E-state index contributed by atoms with van der Waals surface area (Å²) >= 11 is 1.31. The molecule has 2 heterocycles. The number of fused-ring (bicyclic) bond motifs is 1. The van der Waals surface area contributed by atoms with E-state index in [0.29, 0.717) is 35.0 Å². The van der Waals surface area contributed by atoms with Crippen molar-refractivity contribution in [2.45, 2.75) is 25.3 Å². The molecule has 174 valence electrons. The van der Waals surface area contributed by atoms with Crippen LogP contribution in [0.3, 0.4) is 0 Å². The lowest BCUT2D eigenvalue weighted by molar-refractivity contribution is -0.113. The third-order valence-electron chi connectivity index (χ3n) is 5.05. The number of nitrogens with zero attached hydrogens (tertiary/aromatic N) is 4. The second-order valence-corrected chi connectivity index (χ2v) is 8.72. The van der Waals surface area contributed by atoms with Gasteiger partial charge in [0.2, 0.25) is 5.91 Å². The van der Waals surface area contributed by atoms with Crippen LogP contribution in [0.2, 0.25) is 0 Å².